The van der Waals surface area contributed by atoms with Gasteiger partial charge in [0.15, 0.2) is 0 Å². The second-order valence-corrected chi connectivity index (χ2v) is 4.15. The van der Waals surface area contributed by atoms with Crippen LogP contribution in [0.5, 0.6) is 0 Å². The highest BCUT2D eigenvalue weighted by atomic mass is 32.1. The van der Waals surface area contributed by atoms with Crippen molar-refractivity contribution in [3.05, 3.63) is 0 Å². The highest BCUT2D eigenvalue weighted by Gasteiger charge is 2.30. The van der Waals surface area contributed by atoms with Crippen LogP contribution in [0.3, 0.4) is 0 Å². The van der Waals surface area contributed by atoms with Gasteiger partial charge in [-0.2, -0.15) is 0 Å². The Morgan fingerprint density at radius 3 is 2.75 bits per heavy atom. The van der Waals surface area contributed by atoms with Crippen molar-refractivity contribution in [2.75, 3.05) is 0 Å². The average Bonchev–Trinajstić information content (AvgIpc) is 2.43. The van der Waals surface area contributed by atoms with Gasteiger partial charge < -0.3 is 5.11 Å². The SMILES string of the molecule is CCC1C[C@@H](CCC=S)CC1O. The maximum atomic E-state index is 9.62. The largest absolute Gasteiger partial charge is 0.393 e. The minimum Gasteiger partial charge on any atom is -0.393 e. The van der Waals surface area contributed by atoms with Crippen LogP contribution in [0.2, 0.25) is 0 Å². The van der Waals surface area contributed by atoms with Crippen LogP contribution < -0.4 is 0 Å². The molecule has 70 valence electrons. The summed E-state index contributed by atoms with van der Waals surface area (Å²) in [7, 11) is 0. The summed E-state index contributed by atoms with van der Waals surface area (Å²) in [4.78, 5) is 0. The highest BCUT2D eigenvalue weighted by Crippen LogP contribution is 2.35. The zero-order valence-corrected chi connectivity index (χ0v) is 8.52. The molecule has 2 heteroatoms. The van der Waals surface area contributed by atoms with E-state index in [4.69, 9.17) is 12.2 Å². The standard InChI is InChI=1S/C10H18OS/c1-2-9-6-8(4-3-5-12)7-10(9)11/h5,8-11H,2-4,6-7H2,1H3/t8-,9?,10?/m1/s1. The van der Waals surface area contributed by atoms with Gasteiger partial charge in [-0.15, -0.1) is 0 Å². The summed E-state index contributed by atoms with van der Waals surface area (Å²) in [5.41, 5.74) is 0. The Morgan fingerprint density at radius 2 is 2.25 bits per heavy atom. The molecule has 2 unspecified atom stereocenters. The van der Waals surface area contributed by atoms with Crippen molar-refractivity contribution in [3.63, 3.8) is 0 Å². The van der Waals surface area contributed by atoms with Gasteiger partial charge in [-0.25, -0.2) is 0 Å². The van der Waals surface area contributed by atoms with Crippen LogP contribution in [0, 0.1) is 11.8 Å². The van der Waals surface area contributed by atoms with E-state index in [1.54, 1.807) is 0 Å². The zero-order valence-electron chi connectivity index (χ0n) is 7.70. The van der Waals surface area contributed by atoms with E-state index in [1.165, 1.54) is 12.8 Å². The summed E-state index contributed by atoms with van der Waals surface area (Å²) in [5, 5.41) is 11.4. The third-order valence-corrected chi connectivity index (χ3v) is 3.21. The summed E-state index contributed by atoms with van der Waals surface area (Å²) >= 11 is 4.79. The predicted octanol–water partition coefficient (Wildman–Crippen LogP) is 2.56. The molecule has 0 saturated heterocycles. The van der Waals surface area contributed by atoms with Crippen molar-refractivity contribution in [3.8, 4) is 0 Å². The minimum absolute atomic E-state index is 0.0369. The maximum absolute atomic E-state index is 9.62. The molecule has 0 aromatic carbocycles. The molecule has 12 heavy (non-hydrogen) atoms. The number of thiocarbonyl (C=S) groups is 1. The number of hydrogen-bond donors (Lipinski definition) is 1. The van der Waals surface area contributed by atoms with Crippen molar-refractivity contribution < 1.29 is 5.11 Å². The second-order valence-electron chi connectivity index (χ2n) is 3.82. The lowest BCUT2D eigenvalue weighted by Gasteiger charge is -2.09. The Kier molecular flexibility index (Phi) is 4.16. The molecule has 1 N–H and O–H groups in total. The van der Waals surface area contributed by atoms with Gasteiger partial charge in [0.1, 0.15) is 0 Å². The van der Waals surface area contributed by atoms with Crippen molar-refractivity contribution in [1.29, 1.82) is 0 Å². The van der Waals surface area contributed by atoms with E-state index in [9.17, 15) is 5.11 Å². The first-order valence-corrected chi connectivity index (χ1v) is 5.36. The van der Waals surface area contributed by atoms with E-state index in [2.05, 4.69) is 6.92 Å². The van der Waals surface area contributed by atoms with Gasteiger partial charge in [0.05, 0.1) is 6.10 Å². The van der Waals surface area contributed by atoms with Gasteiger partial charge in [-0.05, 0) is 42.9 Å². The van der Waals surface area contributed by atoms with Crippen molar-refractivity contribution in [1.82, 2.24) is 0 Å². The van der Waals surface area contributed by atoms with E-state index >= 15 is 0 Å². The van der Waals surface area contributed by atoms with E-state index in [-0.39, 0.29) is 6.10 Å². The Hall–Kier alpha value is 0.0500. The molecule has 1 nitrogen and oxygen atoms in total. The van der Waals surface area contributed by atoms with Crippen LogP contribution in [0.1, 0.15) is 39.0 Å². The summed E-state index contributed by atoms with van der Waals surface area (Å²) < 4.78 is 0. The lowest BCUT2D eigenvalue weighted by molar-refractivity contribution is 0.129. The summed E-state index contributed by atoms with van der Waals surface area (Å²) in [6.45, 7) is 2.16. The first-order chi connectivity index (χ1) is 5.77. The lowest BCUT2D eigenvalue weighted by atomic mass is 9.99. The molecule has 1 saturated carbocycles. The van der Waals surface area contributed by atoms with Crippen LogP contribution in [0.4, 0.5) is 0 Å². The zero-order chi connectivity index (χ0) is 8.97. The Morgan fingerprint density at radius 1 is 1.50 bits per heavy atom. The molecule has 0 aliphatic heterocycles. The molecule has 0 heterocycles. The highest BCUT2D eigenvalue weighted by molar-refractivity contribution is 7.78. The van der Waals surface area contributed by atoms with Gasteiger partial charge in [-0.1, -0.05) is 25.6 Å². The van der Waals surface area contributed by atoms with Crippen molar-refractivity contribution in [2.24, 2.45) is 11.8 Å². The van der Waals surface area contributed by atoms with E-state index in [1.807, 2.05) is 5.37 Å². The van der Waals surface area contributed by atoms with Crippen molar-refractivity contribution in [2.45, 2.75) is 45.1 Å². The average molecular weight is 186 g/mol. The molecule has 0 spiro atoms. The third kappa shape index (κ3) is 2.53. The summed E-state index contributed by atoms with van der Waals surface area (Å²) in [6, 6.07) is 0. The Bertz CT molecular complexity index is 147. The van der Waals surface area contributed by atoms with Crippen LogP contribution in [-0.4, -0.2) is 16.6 Å². The fraction of sp³-hybridized carbons (Fsp3) is 0.900. The molecule has 0 bridgehead atoms. The van der Waals surface area contributed by atoms with E-state index in [0.717, 1.165) is 25.2 Å². The summed E-state index contributed by atoms with van der Waals surface area (Å²) in [6.07, 6.45) is 5.50. The first-order valence-electron chi connectivity index (χ1n) is 4.89. The molecule has 1 aliphatic rings. The maximum Gasteiger partial charge on any atom is 0.0571 e. The Balaban J connectivity index is 2.27. The number of aliphatic hydroxyl groups is 1. The number of aliphatic hydroxyl groups excluding tert-OH is 1. The molecule has 0 radical (unpaired) electrons. The fourth-order valence-corrected chi connectivity index (χ4v) is 2.33. The summed E-state index contributed by atoms with van der Waals surface area (Å²) in [5.74, 6) is 1.28. The van der Waals surface area contributed by atoms with Crippen LogP contribution >= 0.6 is 12.2 Å². The predicted molar refractivity (Wildman–Crippen MR) is 55.4 cm³/mol. The monoisotopic (exact) mass is 186 g/mol. The van der Waals surface area contributed by atoms with Gasteiger partial charge in [0, 0.05) is 0 Å². The molecule has 0 aromatic heterocycles. The smallest absolute Gasteiger partial charge is 0.0571 e. The minimum atomic E-state index is -0.0369. The molecule has 0 amide bonds. The molecule has 1 rings (SSSR count). The lowest BCUT2D eigenvalue weighted by Crippen LogP contribution is -2.11. The van der Waals surface area contributed by atoms with E-state index < -0.39 is 0 Å². The second kappa shape index (κ2) is 4.93. The topological polar surface area (TPSA) is 20.2 Å². The number of hydrogen-bond acceptors (Lipinski definition) is 2. The van der Waals surface area contributed by atoms with Crippen LogP contribution in [0.15, 0.2) is 0 Å². The molecule has 1 fully saturated rings. The fourth-order valence-electron chi connectivity index (χ4n) is 2.19. The van der Waals surface area contributed by atoms with Gasteiger partial charge in [0.25, 0.3) is 0 Å². The first kappa shape index (κ1) is 10.1. The van der Waals surface area contributed by atoms with Gasteiger partial charge in [-0.3, -0.25) is 0 Å². The molecule has 1 aliphatic carbocycles. The van der Waals surface area contributed by atoms with Gasteiger partial charge >= 0.3 is 0 Å². The van der Waals surface area contributed by atoms with Crippen molar-refractivity contribution >= 4 is 17.6 Å². The molecule has 0 aromatic rings. The third-order valence-electron chi connectivity index (χ3n) is 2.97. The van der Waals surface area contributed by atoms with E-state index in [0.29, 0.717) is 5.92 Å². The van der Waals surface area contributed by atoms with Crippen LogP contribution in [0.25, 0.3) is 0 Å². The number of rotatable bonds is 4. The van der Waals surface area contributed by atoms with Gasteiger partial charge in [0.2, 0.25) is 0 Å². The molecule has 3 atom stereocenters. The quantitative estimate of drug-likeness (QED) is 0.681. The molecular weight excluding hydrogens is 168 g/mol. The van der Waals surface area contributed by atoms with Crippen LogP contribution in [-0.2, 0) is 0 Å². The Labute approximate surface area is 80.2 Å². The normalized spacial score (nSPS) is 35.3. The molecular formula is C10H18OS.